The number of sulfonamides is 1. The van der Waals surface area contributed by atoms with Crippen molar-refractivity contribution in [2.75, 3.05) is 30.1 Å². The van der Waals surface area contributed by atoms with Crippen LogP contribution in [0.3, 0.4) is 0 Å². The highest BCUT2D eigenvalue weighted by Crippen LogP contribution is 2.39. The number of anilines is 2. The lowest BCUT2D eigenvalue weighted by atomic mass is 10.1. The van der Waals surface area contributed by atoms with Crippen LogP contribution >= 0.6 is 11.8 Å². The molecule has 9 heteroatoms. The summed E-state index contributed by atoms with van der Waals surface area (Å²) in [5, 5.41) is 2.75. The van der Waals surface area contributed by atoms with Gasteiger partial charge < -0.3 is 10.2 Å². The topological polar surface area (TPSA) is 86.8 Å². The van der Waals surface area contributed by atoms with Gasteiger partial charge in [0.1, 0.15) is 0 Å². The molecular weight excluding hydrogens is 446 g/mol. The number of nitrogens with one attached hydrogen (secondary N) is 1. The van der Waals surface area contributed by atoms with E-state index in [9.17, 15) is 18.0 Å². The van der Waals surface area contributed by atoms with E-state index in [1.165, 1.54) is 13.1 Å². The van der Waals surface area contributed by atoms with Gasteiger partial charge in [-0.3, -0.25) is 9.59 Å². The Morgan fingerprint density at radius 1 is 1.19 bits per heavy atom. The molecule has 170 valence electrons. The van der Waals surface area contributed by atoms with Gasteiger partial charge in [0.15, 0.2) is 0 Å². The zero-order valence-corrected chi connectivity index (χ0v) is 20.0. The van der Waals surface area contributed by atoms with Crippen molar-refractivity contribution in [1.29, 1.82) is 0 Å². The average molecular weight is 474 g/mol. The molecular formula is C23H27N3O4S2. The predicted molar refractivity (Wildman–Crippen MR) is 126 cm³/mol. The van der Waals surface area contributed by atoms with E-state index in [1.807, 2.05) is 36.3 Å². The van der Waals surface area contributed by atoms with Crippen LogP contribution in [-0.4, -0.2) is 50.4 Å². The van der Waals surface area contributed by atoms with E-state index in [0.717, 1.165) is 33.3 Å². The Hall–Kier alpha value is -2.36. The van der Waals surface area contributed by atoms with Gasteiger partial charge in [-0.15, -0.1) is 11.8 Å². The summed E-state index contributed by atoms with van der Waals surface area (Å²) in [5.74, 6) is -0.176. The second-order valence-corrected chi connectivity index (χ2v) is 11.3. The molecule has 1 aliphatic heterocycles. The molecule has 1 saturated carbocycles. The van der Waals surface area contributed by atoms with Crippen LogP contribution in [0.2, 0.25) is 0 Å². The van der Waals surface area contributed by atoms with Gasteiger partial charge in [-0.2, -0.15) is 4.31 Å². The lowest BCUT2D eigenvalue weighted by Crippen LogP contribution is -2.36. The van der Waals surface area contributed by atoms with Crippen molar-refractivity contribution in [1.82, 2.24) is 4.31 Å². The van der Waals surface area contributed by atoms with Gasteiger partial charge in [-0.25, -0.2) is 8.42 Å². The fourth-order valence-corrected chi connectivity index (χ4v) is 5.64. The molecule has 0 saturated heterocycles. The molecule has 0 radical (unpaired) electrons. The number of nitrogens with zero attached hydrogens (tertiary/aromatic N) is 2. The van der Waals surface area contributed by atoms with Crippen LogP contribution in [0.1, 0.15) is 25.3 Å². The Morgan fingerprint density at radius 2 is 1.94 bits per heavy atom. The smallest absolute Gasteiger partial charge is 0.243 e. The zero-order valence-electron chi connectivity index (χ0n) is 18.4. The standard InChI is InChI=1S/C23H27N3O4S2/c1-15-11-17-12-20(9-10-21(17)26(15)23(28)16-7-8-16)32(29,30)25(2)14-22(27)24-18-5-4-6-19(13-18)31-3/h4-6,9-10,12-13,15-16H,7-8,11,14H2,1-3H3,(H,24,27)/t15-/m1/s1. The van der Waals surface area contributed by atoms with Gasteiger partial charge in [-0.05, 0) is 74.4 Å². The van der Waals surface area contributed by atoms with Crippen molar-refractivity contribution in [2.24, 2.45) is 5.92 Å². The third kappa shape index (κ3) is 4.55. The van der Waals surface area contributed by atoms with Gasteiger partial charge in [0, 0.05) is 35.3 Å². The first-order valence-electron chi connectivity index (χ1n) is 10.6. The van der Waals surface area contributed by atoms with Crippen molar-refractivity contribution < 1.29 is 18.0 Å². The number of hydrogen-bond acceptors (Lipinski definition) is 5. The summed E-state index contributed by atoms with van der Waals surface area (Å²) in [4.78, 5) is 28.0. The van der Waals surface area contributed by atoms with Gasteiger partial charge >= 0.3 is 0 Å². The molecule has 1 heterocycles. The Labute approximate surface area is 193 Å². The second-order valence-electron chi connectivity index (χ2n) is 8.37. The number of likely N-dealkylation sites (N-methyl/N-ethyl adjacent to an activating group) is 1. The molecule has 2 aromatic rings. The highest BCUT2D eigenvalue weighted by molar-refractivity contribution is 7.98. The minimum absolute atomic E-state index is 0.0107. The molecule has 2 aromatic carbocycles. The van der Waals surface area contributed by atoms with E-state index in [0.29, 0.717) is 12.1 Å². The van der Waals surface area contributed by atoms with E-state index in [1.54, 1.807) is 30.0 Å². The third-order valence-corrected chi connectivity index (χ3v) is 8.38. The molecule has 1 aliphatic carbocycles. The molecule has 0 spiro atoms. The monoisotopic (exact) mass is 473 g/mol. The maximum Gasteiger partial charge on any atom is 0.243 e. The number of amides is 2. The molecule has 1 atom stereocenters. The van der Waals surface area contributed by atoms with Crippen LogP contribution in [0.15, 0.2) is 52.3 Å². The van der Waals surface area contributed by atoms with Crippen LogP contribution in [0, 0.1) is 5.92 Å². The quantitative estimate of drug-likeness (QED) is 0.623. The van der Waals surface area contributed by atoms with Crippen molar-refractivity contribution in [2.45, 2.75) is 42.0 Å². The van der Waals surface area contributed by atoms with Gasteiger partial charge in [0.2, 0.25) is 21.8 Å². The molecule has 4 rings (SSSR count). The normalized spacial score (nSPS) is 18.0. The van der Waals surface area contributed by atoms with Crippen LogP contribution in [0.5, 0.6) is 0 Å². The number of thioether (sulfide) groups is 1. The number of rotatable bonds is 7. The maximum atomic E-state index is 13.1. The SMILES string of the molecule is CSc1cccc(NC(=O)CN(C)S(=O)(=O)c2ccc3c(c2)C[C@@H](C)N3C(=O)C2CC2)c1. The molecule has 2 aliphatic rings. The van der Waals surface area contributed by atoms with Crippen LogP contribution in [0.25, 0.3) is 0 Å². The van der Waals surface area contributed by atoms with Crippen LogP contribution in [-0.2, 0) is 26.0 Å². The molecule has 32 heavy (non-hydrogen) atoms. The lowest BCUT2D eigenvalue weighted by molar-refractivity contribution is -0.120. The molecule has 0 bridgehead atoms. The first-order chi connectivity index (χ1) is 15.2. The highest BCUT2D eigenvalue weighted by atomic mass is 32.2. The molecule has 0 aromatic heterocycles. The summed E-state index contributed by atoms with van der Waals surface area (Å²) in [6, 6.07) is 12.3. The Balaban J connectivity index is 1.47. The number of carbonyl (C=O) groups excluding carboxylic acids is 2. The van der Waals surface area contributed by atoms with E-state index < -0.39 is 15.9 Å². The number of benzene rings is 2. The lowest BCUT2D eigenvalue weighted by Gasteiger charge is -2.23. The summed E-state index contributed by atoms with van der Waals surface area (Å²) < 4.78 is 27.2. The third-order valence-electron chi connectivity index (χ3n) is 5.86. The van der Waals surface area contributed by atoms with E-state index in [-0.39, 0.29) is 29.3 Å². The average Bonchev–Trinajstić information content (AvgIpc) is 3.55. The minimum Gasteiger partial charge on any atom is -0.325 e. The maximum absolute atomic E-state index is 13.1. The summed E-state index contributed by atoms with van der Waals surface area (Å²) in [6.45, 7) is 1.68. The van der Waals surface area contributed by atoms with Crippen LogP contribution < -0.4 is 10.2 Å². The molecule has 2 amide bonds. The molecule has 1 N–H and O–H groups in total. The van der Waals surface area contributed by atoms with E-state index in [2.05, 4.69) is 5.32 Å². The van der Waals surface area contributed by atoms with E-state index >= 15 is 0 Å². The van der Waals surface area contributed by atoms with Crippen molar-refractivity contribution in [3.05, 3.63) is 48.0 Å². The zero-order chi connectivity index (χ0) is 23.0. The molecule has 0 unspecified atom stereocenters. The van der Waals surface area contributed by atoms with Crippen molar-refractivity contribution >= 4 is 45.0 Å². The number of hydrogen-bond donors (Lipinski definition) is 1. The molecule has 1 fully saturated rings. The minimum atomic E-state index is -3.85. The van der Waals surface area contributed by atoms with Gasteiger partial charge in [-0.1, -0.05) is 6.07 Å². The molecule has 7 nitrogen and oxygen atoms in total. The fourth-order valence-electron chi connectivity index (χ4n) is 4.00. The summed E-state index contributed by atoms with van der Waals surface area (Å²) in [7, 11) is -2.46. The van der Waals surface area contributed by atoms with Crippen molar-refractivity contribution in [3.8, 4) is 0 Å². The number of carbonyl (C=O) groups is 2. The Morgan fingerprint density at radius 3 is 2.62 bits per heavy atom. The summed E-state index contributed by atoms with van der Waals surface area (Å²) >= 11 is 1.56. The Kier molecular flexibility index (Phi) is 6.33. The Bertz CT molecular complexity index is 1160. The van der Waals surface area contributed by atoms with Gasteiger partial charge in [0.05, 0.1) is 11.4 Å². The van der Waals surface area contributed by atoms with E-state index in [4.69, 9.17) is 0 Å². The van der Waals surface area contributed by atoms with Crippen LogP contribution in [0.4, 0.5) is 11.4 Å². The highest BCUT2D eigenvalue weighted by Gasteiger charge is 2.40. The number of fused-ring (bicyclic) bond motifs is 1. The summed E-state index contributed by atoms with van der Waals surface area (Å²) in [5.41, 5.74) is 2.27. The first kappa shape index (κ1) is 22.8. The first-order valence-corrected chi connectivity index (χ1v) is 13.2. The largest absolute Gasteiger partial charge is 0.325 e. The summed E-state index contributed by atoms with van der Waals surface area (Å²) in [6.07, 6.45) is 4.42. The van der Waals surface area contributed by atoms with Gasteiger partial charge in [0.25, 0.3) is 0 Å². The fraction of sp³-hybridized carbons (Fsp3) is 0.391. The van der Waals surface area contributed by atoms with Crippen molar-refractivity contribution in [3.63, 3.8) is 0 Å². The predicted octanol–water partition coefficient (Wildman–Crippen LogP) is 3.36. The second kappa shape index (κ2) is 8.88.